The number of rotatable bonds is 1. The van der Waals surface area contributed by atoms with Crippen LogP contribution in [-0.2, 0) is 11.2 Å². The number of cyclic esters (lactones) is 1. The molecule has 0 spiro atoms. The van der Waals surface area contributed by atoms with Gasteiger partial charge in [-0.25, -0.2) is 4.79 Å². The predicted octanol–water partition coefficient (Wildman–Crippen LogP) is 4.24. The fraction of sp³-hybridized carbons (Fsp3) is 0.353. The summed E-state index contributed by atoms with van der Waals surface area (Å²) in [6.45, 7) is 4.24. The van der Waals surface area contributed by atoms with Crippen molar-refractivity contribution in [2.24, 2.45) is 0 Å². The zero-order valence-electron chi connectivity index (χ0n) is 12.1. The summed E-state index contributed by atoms with van der Waals surface area (Å²) in [7, 11) is 0. The van der Waals surface area contributed by atoms with Crippen LogP contribution in [0.4, 0.5) is 4.79 Å². The highest BCUT2D eigenvalue weighted by Crippen LogP contribution is 2.49. The second kappa shape index (κ2) is 4.60. The number of nitrogens with zero attached hydrogens (tertiary/aromatic N) is 1. The summed E-state index contributed by atoms with van der Waals surface area (Å²) in [5.74, 6) is 0. The van der Waals surface area contributed by atoms with Gasteiger partial charge in [-0.3, -0.25) is 4.90 Å². The number of ether oxygens (including phenoxy) is 1. The van der Waals surface area contributed by atoms with Crippen molar-refractivity contribution in [3.8, 4) is 0 Å². The Morgan fingerprint density at radius 2 is 2.05 bits per heavy atom. The van der Waals surface area contributed by atoms with Gasteiger partial charge in [0, 0.05) is 22.2 Å². The molecule has 4 rings (SSSR count). The Balaban J connectivity index is 1.84. The smallest absolute Gasteiger partial charge is 0.411 e. The first kappa shape index (κ1) is 12.9. The van der Waals surface area contributed by atoms with E-state index in [0.29, 0.717) is 0 Å². The maximum absolute atomic E-state index is 12.3. The Kier molecular flexibility index (Phi) is 2.82. The minimum atomic E-state index is -0.200. The maximum Gasteiger partial charge on any atom is 0.411 e. The molecule has 21 heavy (non-hydrogen) atoms. The zero-order chi connectivity index (χ0) is 14.6. The molecule has 2 aromatic rings. The molecule has 0 saturated carbocycles. The average molecular weight is 299 g/mol. The van der Waals surface area contributed by atoms with Crippen LogP contribution in [0, 0.1) is 6.92 Å². The molecular formula is C17H17NO2S. The number of hydrogen-bond donors (Lipinski definition) is 0. The van der Waals surface area contributed by atoms with Crippen LogP contribution in [-0.4, -0.2) is 17.0 Å². The van der Waals surface area contributed by atoms with Crippen LogP contribution in [0.15, 0.2) is 36.4 Å². The average Bonchev–Trinajstić information content (AvgIpc) is 3.00. The summed E-state index contributed by atoms with van der Waals surface area (Å²) < 4.78 is 5.72. The molecule has 2 aliphatic rings. The van der Waals surface area contributed by atoms with Crippen molar-refractivity contribution in [1.82, 2.24) is 4.90 Å². The minimum absolute atomic E-state index is 0.0172. The predicted molar refractivity (Wildman–Crippen MR) is 82.5 cm³/mol. The summed E-state index contributed by atoms with van der Waals surface area (Å²) >= 11 is 1.85. The second-order valence-corrected chi connectivity index (χ2v) is 7.20. The van der Waals surface area contributed by atoms with E-state index in [9.17, 15) is 4.79 Å². The fourth-order valence-corrected chi connectivity index (χ4v) is 4.71. The summed E-state index contributed by atoms with van der Waals surface area (Å²) in [5.41, 5.74) is 2.34. The quantitative estimate of drug-likeness (QED) is 0.788. The number of carbonyl (C=O) groups is 1. The molecule has 0 N–H and O–H groups in total. The molecule has 1 amide bonds. The highest BCUT2D eigenvalue weighted by atomic mass is 32.1. The lowest BCUT2D eigenvalue weighted by Crippen LogP contribution is -2.40. The number of amides is 1. The van der Waals surface area contributed by atoms with Crippen LogP contribution >= 0.6 is 11.3 Å². The van der Waals surface area contributed by atoms with Gasteiger partial charge >= 0.3 is 6.09 Å². The van der Waals surface area contributed by atoms with Crippen molar-refractivity contribution in [2.75, 3.05) is 0 Å². The van der Waals surface area contributed by atoms with Crippen LogP contribution in [0.2, 0.25) is 0 Å². The molecule has 1 aromatic carbocycles. The molecule has 0 aliphatic carbocycles. The Labute approximate surface area is 128 Å². The van der Waals surface area contributed by atoms with Crippen LogP contribution in [0.1, 0.15) is 40.0 Å². The number of benzene rings is 1. The van der Waals surface area contributed by atoms with E-state index in [1.807, 2.05) is 46.6 Å². The molecule has 2 aliphatic heterocycles. The molecule has 3 heterocycles. The third-order valence-electron chi connectivity index (χ3n) is 4.39. The SMILES string of the molecule is Cc1cc2c(s1)C[C@H](C)N1C(=O)O[C@H](c3ccccc3)[C@H]21. The summed E-state index contributed by atoms with van der Waals surface area (Å²) in [5, 5.41) is 0. The Hall–Kier alpha value is -1.81. The standard InChI is InChI=1S/C17H17NO2S/c1-10-8-14-13(9-11(2)21-14)15-16(20-17(19)18(10)15)12-6-4-3-5-7-12/h3-7,9-10,15-16H,8H2,1-2H3/t10-,15-,16+/m0/s1. The Bertz CT molecular complexity index is 694. The van der Waals surface area contributed by atoms with Crippen LogP contribution in [0.3, 0.4) is 0 Å². The topological polar surface area (TPSA) is 29.5 Å². The van der Waals surface area contributed by atoms with E-state index in [-0.39, 0.29) is 24.3 Å². The Morgan fingerprint density at radius 3 is 2.81 bits per heavy atom. The third-order valence-corrected chi connectivity index (χ3v) is 5.48. The molecule has 3 nitrogen and oxygen atoms in total. The van der Waals surface area contributed by atoms with Gasteiger partial charge < -0.3 is 4.74 Å². The number of hydrogen-bond acceptors (Lipinski definition) is 3. The molecule has 0 unspecified atom stereocenters. The molecule has 1 fully saturated rings. The van der Waals surface area contributed by atoms with Gasteiger partial charge in [-0.1, -0.05) is 30.3 Å². The zero-order valence-corrected chi connectivity index (χ0v) is 12.9. The molecule has 4 heteroatoms. The van der Waals surface area contributed by atoms with E-state index in [4.69, 9.17) is 4.74 Å². The first-order valence-corrected chi connectivity index (χ1v) is 8.10. The van der Waals surface area contributed by atoms with Crippen molar-refractivity contribution < 1.29 is 9.53 Å². The van der Waals surface area contributed by atoms with Crippen molar-refractivity contribution in [3.63, 3.8) is 0 Å². The van der Waals surface area contributed by atoms with Crippen molar-refractivity contribution in [3.05, 3.63) is 57.3 Å². The van der Waals surface area contributed by atoms with Gasteiger partial charge in [0.15, 0.2) is 6.10 Å². The van der Waals surface area contributed by atoms with Gasteiger partial charge in [-0.15, -0.1) is 11.3 Å². The van der Waals surface area contributed by atoms with E-state index in [1.54, 1.807) is 0 Å². The molecule has 1 aromatic heterocycles. The summed E-state index contributed by atoms with van der Waals surface area (Å²) in [4.78, 5) is 17.0. The number of fused-ring (bicyclic) bond motifs is 3. The number of carbonyl (C=O) groups excluding carboxylic acids is 1. The highest BCUT2D eigenvalue weighted by molar-refractivity contribution is 7.12. The molecule has 0 radical (unpaired) electrons. The van der Waals surface area contributed by atoms with Crippen molar-refractivity contribution >= 4 is 17.4 Å². The van der Waals surface area contributed by atoms with E-state index >= 15 is 0 Å². The molecular weight excluding hydrogens is 282 g/mol. The highest BCUT2D eigenvalue weighted by Gasteiger charge is 2.49. The third kappa shape index (κ3) is 1.89. The molecule has 1 saturated heterocycles. The van der Waals surface area contributed by atoms with Gasteiger partial charge in [0.1, 0.15) is 6.04 Å². The molecule has 0 bridgehead atoms. The minimum Gasteiger partial charge on any atom is -0.439 e. The summed E-state index contributed by atoms with van der Waals surface area (Å²) in [6, 6.07) is 12.5. The number of thiophene rings is 1. The van der Waals surface area contributed by atoms with Crippen LogP contribution in [0.25, 0.3) is 0 Å². The van der Waals surface area contributed by atoms with E-state index in [2.05, 4.69) is 19.9 Å². The lowest BCUT2D eigenvalue weighted by molar-refractivity contribution is 0.128. The monoisotopic (exact) mass is 299 g/mol. The normalized spacial score (nSPS) is 27.2. The van der Waals surface area contributed by atoms with E-state index in [1.165, 1.54) is 15.3 Å². The van der Waals surface area contributed by atoms with Gasteiger partial charge in [0.05, 0.1) is 0 Å². The van der Waals surface area contributed by atoms with Gasteiger partial charge in [-0.05, 0) is 31.0 Å². The van der Waals surface area contributed by atoms with Gasteiger partial charge in [-0.2, -0.15) is 0 Å². The Morgan fingerprint density at radius 1 is 1.29 bits per heavy atom. The number of aryl methyl sites for hydroxylation is 1. The first-order chi connectivity index (χ1) is 10.1. The first-order valence-electron chi connectivity index (χ1n) is 7.28. The van der Waals surface area contributed by atoms with Gasteiger partial charge in [0.2, 0.25) is 0 Å². The fourth-order valence-electron chi connectivity index (χ4n) is 3.51. The molecule has 3 atom stereocenters. The lowest BCUT2D eigenvalue weighted by Gasteiger charge is -2.34. The van der Waals surface area contributed by atoms with Gasteiger partial charge in [0.25, 0.3) is 0 Å². The molecule has 108 valence electrons. The van der Waals surface area contributed by atoms with Crippen LogP contribution in [0.5, 0.6) is 0 Å². The van der Waals surface area contributed by atoms with Crippen molar-refractivity contribution in [1.29, 1.82) is 0 Å². The maximum atomic E-state index is 12.3. The summed E-state index contributed by atoms with van der Waals surface area (Å²) in [6.07, 6.45) is 0.547. The second-order valence-electron chi connectivity index (χ2n) is 5.86. The lowest BCUT2D eigenvalue weighted by atomic mass is 9.90. The largest absolute Gasteiger partial charge is 0.439 e. The van der Waals surface area contributed by atoms with E-state index in [0.717, 1.165) is 12.0 Å². The van der Waals surface area contributed by atoms with Crippen LogP contribution < -0.4 is 0 Å². The van der Waals surface area contributed by atoms with Crippen molar-refractivity contribution in [2.45, 2.75) is 38.5 Å². The van der Waals surface area contributed by atoms with E-state index < -0.39 is 0 Å².